The summed E-state index contributed by atoms with van der Waals surface area (Å²) in [6, 6.07) is 6.92. The SMILES string of the molecule is Cc1cccc(N(C)C(=O)C(C)n2cnc3onc(C)c3c2=O)c1. The third kappa shape index (κ3) is 2.58. The molecule has 0 radical (unpaired) electrons. The number of amides is 1. The average molecular weight is 326 g/mol. The van der Waals surface area contributed by atoms with Gasteiger partial charge in [-0.25, -0.2) is 4.98 Å². The van der Waals surface area contributed by atoms with Gasteiger partial charge in [0.25, 0.3) is 11.3 Å². The topological polar surface area (TPSA) is 81.2 Å². The predicted molar refractivity (Wildman–Crippen MR) is 90.1 cm³/mol. The van der Waals surface area contributed by atoms with Crippen LogP contribution in [-0.4, -0.2) is 27.7 Å². The Morgan fingerprint density at radius 3 is 2.79 bits per heavy atom. The highest BCUT2D eigenvalue weighted by Gasteiger charge is 2.23. The molecular formula is C17H18N4O3. The van der Waals surface area contributed by atoms with Gasteiger partial charge in [-0.2, -0.15) is 0 Å². The van der Waals surface area contributed by atoms with E-state index in [1.54, 1.807) is 20.9 Å². The molecule has 124 valence electrons. The molecule has 0 fully saturated rings. The number of carbonyl (C=O) groups is 1. The molecule has 24 heavy (non-hydrogen) atoms. The van der Waals surface area contributed by atoms with E-state index in [0.717, 1.165) is 11.3 Å². The van der Waals surface area contributed by atoms with Gasteiger partial charge in [-0.05, 0) is 38.5 Å². The molecule has 1 atom stereocenters. The monoisotopic (exact) mass is 326 g/mol. The Kier molecular flexibility index (Phi) is 3.92. The first-order valence-electron chi connectivity index (χ1n) is 7.57. The Hall–Kier alpha value is -2.96. The Morgan fingerprint density at radius 2 is 2.08 bits per heavy atom. The number of hydrogen-bond donors (Lipinski definition) is 0. The first-order chi connectivity index (χ1) is 11.4. The van der Waals surface area contributed by atoms with E-state index in [0.29, 0.717) is 11.1 Å². The third-order valence-corrected chi connectivity index (χ3v) is 4.09. The molecule has 7 nitrogen and oxygen atoms in total. The first kappa shape index (κ1) is 15.9. The van der Waals surface area contributed by atoms with Gasteiger partial charge in [-0.3, -0.25) is 14.2 Å². The smallest absolute Gasteiger partial charge is 0.267 e. The zero-order valence-corrected chi connectivity index (χ0v) is 14.0. The van der Waals surface area contributed by atoms with Crippen LogP contribution in [0.2, 0.25) is 0 Å². The van der Waals surface area contributed by atoms with Crippen LogP contribution >= 0.6 is 0 Å². The second-order valence-electron chi connectivity index (χ2n) is 5.82. The van der Waals surface area contributed by atoms with Crippen molar-refractivity contribution in [1.29, 1.82) is 0 Å². The standard InChI is InChI=1S/C17H18N4O3/c1-10-6-5-7-13(8-10)20(4)16(22)12(3)21-9-18-15-14(17(21)23)11(2)19-24-15/h5-9,12H,1-4H3. The maximum Gasteiger partial charge on any atom is 0.267 e. The number of carbonyl (C=O) groups excluding carboxylic acids is 1. The van der Waals surface area contributed by atoms with Gasteiger partial charge in [0, 0.05) is 12.7 Å². The summed E-state index contributed by atoms with van der Waals surface area (Å²) in [6.45, 7) is 5.30. The van der Waals surface area contributed by atoms with Gasteiger partial charge in [-0.15, -0.1) is 0 Å². The van der Waals surface area contributed by atoms with Crippen molar-refractivity contribution in [3.63, 3.8) is 0 Å². The first-order valence-corrected chi connectivity index (χ1v) is 7.57. The van der Waals surface area contributed by atoms with Crippen molar-refractivity contribution < 1.29 is 9.32 Å². The van der Waals surface area contributed by atoms with Crippen LogP contribution in [0.15, 0.2) is 39.9 Å². The van der Waals surface area contributed by atoms with Crippen molar-refractivity contribution in [3.8, 4) is 0 Å². The van der Waals surface area contributed by atoms with Crippen molar-refractivity contribution in [2.75, 3.05) is 11.9 Å². The average Bonchev–Trinajstić information content (AvgIpc) is 2.95. The van der Waals surface area contributed by atoms with Gasteiger partial charge in [0.2, 0.25) is 5.91 Å². The molecule has 1 amide bonds. The summed E-state index contributed by atoms with van der Waals surface area (Å²) >= 11 is 0. The van der Waals surface area contributed by atoms with Crippen LogP contribution in [0.5, 0.6) is 0 Å². The van der Waals surface area contributed by atoms with Crippen molar-refractivity contribution >= 4 is 22.7 Å². The van der Waals surface area contributed by atoms with E-state index in [2.05, 4.69) is 10.1 Å². The normalized spacial score (nSPS) is 12.3. The number of nitrogens with zero attached hydrogens (tertiary/aromatic N) is 4. The van der Waals surface area contributed by atoms with E-state index in [1.165, 1.54) is 15.8 Å². The van der Waals surface area contributed by atoms with E-state index < -0.39 is 6.04 Å². The Bertz CT molecular complexity index is 973. The number of hydrogen-bond acceptors (Lipinski definition) is 5. The van der Waals surface area contributed by atoms with Crippen LogP contribution < -0.4 is 10.5 Å². The van der Waals surface area contributed by atoms with Crippen LogP contribution in [0.25, 0.3) is 11.1 Å². The highest BCUT2D eigenvalue weighted by atomic mass is 16.5. The van der Waals surface area contributed by atoms with E-state index in [-0.39, 0.29) is 17.2 Å². The van der Waals surface area contributed by atoms with Gasteiger partial charge in [0.15, 0.2) is 0 Å². The molecule has 3 aromatic rings. The lowest BCUT2D eigenvalue weighted by atomic mass is 10.2. The zero-order chi connectivity index (χ0) is 17.4. The van der Waals surface area contributed by atoms with Gasteiger partial charge >= 0.3 is 0 Å². The van der Waals surface area contributed by atoms with Crippen LogP contribution in [0.3, 0.4) is 0 Å². The molecule has 0 aliphatic heterocycles. The van der Waals surface area contributed by atoms with Crippen LogP contribution in [0, 0.1) is 13.8 Å². The van der Waals surface area contributed by atoms with Crippen molar-refractivity contribution in [3.05, 3.63) is 52.2 Å². The predicted octanol–water partition coefficient (Wildman–Crippen LogP) is 2.23. The molecule has 7 heteroatoms. The molecular weight excluding hydrogens is 308 g/mol. The Balaban J connectivity index is 1.98. The van der Waals surface area contributed by atoms with Gasteiger partial charge in [-0.1, -0.05) is 17.3 Å². The minimum Gasteiger partial charge on any atom is -0.335 e. The molecule has 0 bridgehead atoms. The summed E-state index contributed by atoms with van der Waals surface area (Å²) in [4.78, 5) is 31.0. The maximum atomic E-state index is 12.8. The lowest BCUT2D eigenvalue weighted by Gasteiger charge is -2.23. The van der Waals surface area contributed by atoms with E-state index in [4.69, 9.17) is 4.52 Å². The second kappa shape index (κ2) is 5.92. The molecule has 0 saturated heterocycles. The van der Waals surface area contributed by atoms with Crippen LogP contribution in [-0.2, 0) is 4.79 Å². The van der Waals surface area contributed by atoms with Crippen molar-refractivity contribution in [2.24, 2.45) is 0 Å². The highest BCUT2D eigenvalue weighted by molar-refractivity contribution is 5.95. The number of aromatic nitrogens is 3. The van der Waals surface area contributed by atoms with Gasteiger partial charge < -0.3 is 9.42 Å². The fourth-order valence-electron chi connectivity index (χ4n) is 2.63. The minimum atomic E-state index is -0.700. The van der Waals surface area contributed by atoms with Crippen molar-refractivity contribution in [2.45, 2.75) is 26.8 Å². The largest absolute Gasteiger partial charge is 0.335 e. The molecule has 2 aromatic heterocycles. The molecule has 0 spiro atoms. The van der Waals surface area contributed by atoms with Gasteiger partial charge in [0.1, 0.15) is 17.8 Å². The summed E-state index contributed by atoms with van der Waals surface area (Å²) in [7, 11) is 1.69. The molecule has 2 heterocycles. The number of benzene rings is 1. The Morgan fingerprint density at radius 1 is 1.33 bits per heavy atom. The van der Waals surface area contributed by atoms with Crippen molar-refractivity contribution in [1.82, 2.24) is 14.7 Å². The molecule has 0 aliphatic rings. The minimum absolute atomic E-state index is 0.181. The van der Waals surface area contributed by atoms with Gasteiger partial charge in [0.05, 0.1) is 5.69 Å². The van der Waals surface area contributed by atoms with Crippen LogP contribution in [0.4, 0.5) is 5.69 Å². The summed E-state index contributed by atoms with van der Waals surface area (Å²) in [5.41, 5.74) is 2.14. The molecule has 1 unspecified atom stereocenters. The van der Waals surface area contributed by atoms with Crippen LogP contribution in [0.1, 0.15) is 24.2 Å². The maximum absolute atomic E-state index is 12.8. The summed E-state index contributed by atoms with van der Waals surface area (Å²) in [5, 5.41) is 4.05. The molecule has 0 aliphatic carbocycles. The quantitative estimate of drug-likeness (QED) is 0.737. The lowest BCUT2D eigenvalue weighted by molar-refractivity contribution is -0.121. The fourth-order valence-corrected chi connectivity index (χ4v) is 2.63. The third-order valence-electron chi connectivity index (χ3n) is 4.09. The molecule has 1 aromatic carbocycles. The number of fused-ring (bicyclic) bond motifs is 1. The second-order valence-corrected chi connectivity index (χ2v) is 5.82. The van der Waals surface area contributed by atoms with E-state index in [9.17, 15) is 9.59 Å². The number of likely N-dealkylation sites (N-methyl/N-ethyl adjacent to an activating group) is 1. The zero-order valence-electron chi connectivity index (χ0n) is 14.0. The highest BCUT2D eigenvalue weighted by Crippen LogP contribution is 2.19. The van der Waals surface area contributed by atoms with E-state index in [1.807, 2.05) is 31.2 Å². The summed E-state index contributed by atoms with van der Waals surface area (Å²) < 4.78 is 6.29. The summed E-state index contributed by atoms with van der Waals surface area (Å²) in [6.07, 6.45) is 1.32. The molecule has 3 rings (SSSR count). The number of aryl methyl sites for hydroxylation is 2. The summed E-state index contributed by atoms with van der Waals surface area (Å²) in [5.74, 6) is -0.210. The fraction of sp³-hybridized carbons (Fsp3) is 0.294. The number of anilines is 1. The van der Waals surface area contributed by atoms with E-state index >= 15 is 0 Å². The molecule has 0 N–H and O–H groups in total. The molecule has 0 saturated carbocycles. The lowest BCUT2D eigenvalue weighted by Crippen LogP contribution is -2.37. The number of rotatable bonds is 3. The Labute approximate surface area is 138 Å².